The maximum Gasteiger partial charge on any atom is 0.338 e. The van der Waals surface area contributed by atoms with E-state index in [0.29, 0.717) is 12.2 Å². The number of hydrogen-bond donors (Lipinski definition) is 0. The van der Waals surface area contributed by atoms with Crippen molar-refractivity contribution in [3.63, 3.8) is 0 Å². The molecule has 0 aromatic heterocycles. The molecule has 2 nitrogen and oxygen atoms in total. The van der Waals surface area contributed by atoms with Gasteiger partial charge >= 0.3 is 5.97 Å². The molecule has 1 aromatic carbocycles. The van der Waals surface area contributed by atoms with Crippen molar-refractivity contribution in [2.75, 3.05) is 6.61 Å². The van der Waals surface area contributed by atoms with Crippen LogP contribution in [0.15, 0.2) is 24.3 Å². The van der Waals surface area contributed by atoms with Crippen LogP contribution in [0.1, 0.15) is 140 Å². The van der Waals surface area contributed by atoms with Gasteiger partial charge in [0.2, 0.25) is 0 Å². The number of hydrogen-bond acceptors (Lipinski definition) is 2. The molecule has 0 saturated carbocycles. The van der Waals surface area contributed by atoms with E-state index in [1.165, 1.54) is 89.0 Å². The Morgan fingerprint density at radius 1 is 0.667 bits per heavy atom. The number of rotatable bonds is 17. The zero-order chi connectivity index (χ0) is 22.1. The molecule has 0 heterocycles. The molecule has 30 heavy (non-hydrogen) atoms. The third-order valence-electron chi connectivity index (χ3n) is 5.97. The summed E-state index contributed by atoms with van der Waals surface area (Å²) in [4.78, 5) is 12.1. The van der Waals surface area contributed by atoms with Crippen molar-refractivity contribution < 1.29 is 9.53 Å². The van der Waals surface area contributed by atoms with Crippen molar-refractivity contribution in [2.45, 2.75) is 129 Å². The van der Waals surface area contributed by atoms with Gasteiger partial charge in [-0.15, -0.1) is 0 Å². The standard InChI is InChI=1S/C28H48O2/c1-5-6-7-8-9-10-11-12-13-14-15-16-17-18-19-24-30-27(29)25-20-22-26(23-21-25)28(2,3)4/h20-23H,5-19,24H2,1-4H3. The van der Waals surface area contributed by atoms with Gasteiger partial charge in [-0.25, -0.2) is 4.79 Å². The minimum Gasteiger partial charge on any atom is -0.462 e. The first-order chi connectivity index (χ1) is 14.4. The van der Waals surface area contributed by atoms with Crippen molar-refractivity contribution in [1.82, 2.24) is 0 Å². The number of esters is 1. The van der Waals surface area contributed by atoms with Crippen molar-refractivity contribution in [1.29, 1.82) is 0 Å². The minimum atomic E-state index is -0.194. The maximum absolute atomic E-state index is 12.1. The molecule has 1 aromatic rings. The molecule has 1 rings (SSSR count). The van der Waals surface area contributed by atoms with Crippen LogP contribution >= 0.6 is 0 Å². The highest BCUT2D eigenvalue weighted by Gasteiger charge is 2.14. The second kappa shape index (κ2) is 16.4. The quantitative estimate of drug-likeness (QED) is 0.187. The second-order valence-electron chi connectivity index (χ2n) is 9.91. The van der Waals surface area contributed by atoms with Crippen LogP contribution in [0.4, 0.5) is 0 Å². The molecule has 0 bridgehead atoms. The monoisotopic (exact) mass is 416 g/mol. The SMILES string of the molecule is CCCCCCCCCCCCCCCCCOC(=O)c1ccc(C(C)(C)C)cc1. The number of unbranched alkanes of at least 4 members (excludes halogenated alkanes) is 14. The van der Waals surface area contributed by atoms with Crippen LogP contribution in [-0.4, -0.2) is 12.6 Å². The lowest BCUT2D eigenvalue weighted by Gasteiger charge is -2.18. The summed E-state index contributed by atoms with van der Waals surface area (Å²) >= 11 is 0. The molecular formula is C28H48O2. The van der Waals surface area contributed by atoms with Gasteiger partial charge in [-0.1, -0.05) is 130 Å². The molecule has 0 radical (unpaired) electrons. The summed E-state index contributed by atoms with van der Waals surface area (Å²) in [6, 6.07) is 7.83. The summed E-state index contributed by atoms with van der Waals surface area (Å²) in [5.41, 5.74) is 2.00. The van der Waals surface area contributed by atoms with Gasteiger partial charge in [0.05, 0.1) is 12.2 Å². The molecular weight excluding hydrogens is 368 g/mol. The minimum absolute atomic E-state index is 0.107. The molecule has 0 fully saturated rings. The highest BCUT2D eigenvalue weighted by Crippen LogP contribution is 2.22. The Morgan fingerprint density at radius 3 is 1.47 bits per heavy atom. The van der Waals surface area contributed by atoms with E-state index in [1.807, 2.05) is 24.3 Å². The Kier molecular flexibility index (Phi) is 14.6. The second-order valence-corrected chi connectivity index (χ2v) is 9.91. The number of carbonyl (C=O) groups is 1. The smallest absolute Gasteiger partial charge is 0.338 e. The lowest BCUT2D eigenvalue weighted by atomic mass is 9.87. The topological polar surface area (TPSA) is 26.3 Å². The lowest BCUT2D eigenvalue weighted by molar-refractivity contribution is 0.0497. The predicted octanol–water partition coefficient (Wildman–Crippen LogP) is 9.01. The zero-order valence-electron chi connectivity index (χ0n) is 20.4. The Morgan fingerprint density at radius 2 is 1.07 bits per heavy atom. The van der Waals surface area contributed by atoms with E-state index in [1.54, 1.807) is 0 Å². The molecule has 0 saturated heterocycles. The molecule has 0 unspecified atom stereocenters. The average Bonchev–Trinajstić information content (AvgIpc) is 2.72. The van der Waals surface area contributed by atoms with Crippen molar-refractivity contribution >= 4 is 5.97 Å². The van der Waals surface area contributed by atoms with E-state index < -0.39 is 0 Å². The van der Waals surface area contributed by atoms with Gasteiger partial charge in [0.15, 0.2) is 0 Å². The number of benzene rings is 1. The van der Waals surface area contributed by atoms with Crippen LogP contribution in [0.25, 0.3) is 0 Å². The Balaban J connectivity index is 1.91. The summed E-state index contributed by atoms with van der Waals surface area (Å²) in [5.74, 6) is -0.194. The summed E-state index contributed by atoms with van der Waals surface area (Å²) < 4.78 is 5.43. The third kappa shape index (κ3) is 13.1. The lowest BCUT2D eigenvalue weighted by Crippen LogP contribution is -2.12. The number of ether oxygens (including phenoxy) is 1. The molecule has 0 atom stereocenters. The van der Waals surface area contributed by atoms with Crippen LogP contribution in [0, 0.1) is 0 Å². The fourth-order valence-corrected chi connectivity index (χ4v) is 3.83. The van der Waals surface area contributed by atoms with Crippen LogP contribution in [0.3, 0.4) is 0 Å². The van der Waals surface area contributed by atoms with E-state index in [2.05, 4.69) is 27.7 Å². The average molecular weight is 417 g/mol. The molecule has 0 aliphatic carbocycles. The largest absolute Gasteiger partial charge is 0.462 e. The fraction of sp³-hybridized carbons (Fsp3) is 0.750. The van der Waals surface area contributed by atoms with Gasteiger partial charge < -0.3 is 4.74 Å². The van der Waals surface area contributed by atoms with Crippen molar-refractivity contribution in [2.24, 2.45) is 0 Å². The van der Waals surface area contributed by atoms with Gasteiger partial charge in [-0.2, -0.15) is 0 Å². The first-order valence-electron chi connectivity index (χ1n) is 12.7. The highest BCUT2D eigenvalue weighted by atomic mass is 16.5. The van der Waals surface area contributed by atoms with E-state index in [-0.39, 0.29) is 11.4 Å². The van der Waals surface area contributed by atoms with Gasteiger partial charge in [-0.3, -0.25) is 0 Å². The van der Waals surface area contributed by atoms with Crippen molar-refractivity contribution in [3.05, 3.63) is 35.4 Å². The van der Waals surface area contributed by atoms with Crippen LogP contribution in [0.2, 0.25) is 0 Å². The zero-order valence-corrected chi connectivity index (χ0v) is 20.4. The van der Waals surface area contributed by atoms with E-state index >= 15 is 0 Å². The normalized spacial score (nSPS) is 11.6. The molecule has 2 heteroatoms. The predicted molar refractivity (Wildman–Crippen MR) is 130 cm³/mol. The van der Waals surface area contributed by atoms with Crippen LogP contribution in [0.5, 0.6) is 0 Å². The molecule has 0 aliphatic rings. The molecule has 0 spiro atoms. The van der Waals surface area contributed by atoms with Crippen molar-refractivity contribution in [3.8, 4) is 0 Å². The molecule has 0 N–H and O–H groups in total. The van der Waals surface area contributed by atoms with E-state index in [4.69, 9.17) is 4.74 Å². The number of carbonyl (C=O) groups excluding carboxylic acids is 1. The van der Waals surface area contributed by atoms with Crippen LogP contribution < -0.4 is 0 Å². The van der Waals surface area contributed by atoms with Gasteiger partial charge in [0.1, 0.15) is 0 Å². The maximum atomic E-state index is 12.1. The highest BCUT2D eigenvalue weighted by molar-refractivity contribution is 5.89. The first-order valence-corrected chi connectivity index (χ1v) is 12.7. The Hall–Kier alpha value is -1.31. The van der Waals surface area contributed by atoms with Gasteiger partial charge in [0.25, 0.3) is 0 Å². The van der Waals surface area contributed by atoms with Gasteiger partial charge in [-0.05, 0) is 29.5 Å². The van der Waals surface area contributed by atoms with E-state index in [0.717, 1.165) is 12.8 Å². The molecule has 0 amide bonds. The van der Waals surface area contributed by atoms with E-state index in [9.17, 15) is 4.79 Å². The summed E-state index contributed by atoms with van der Waals surface area (Å²) in [5, 5.41) is 0. The van der Waals surface area contributed by atoms with Crippen LogP contribution in [-0.2, 0) is 10.2 Å². The summed E-state index contributed by atoms with van der Waals surface area (Å²) in [7, 11) is 0. The van der Waals surface area contributed by atoms with Gasteiger partial charge in [0, 0.05) is 0 Å². The Bertz CT molecular complexity index is 539. The first kappa shape index (κ1) is 26.7. The fourth-order valence-electron chi connectivity index (χ4n) is 3.83. The Labute approximate surface area is 187 Å². The molecule has 0 aliphatic heterocycles. The third-order valence-corrected chi connectivity index (χ3v) is 5.97. The summed E-state index contributed by atoms with van der Waals surface area (Å²) in [6.45, 7) is 9.35. The molecule has 172 valence electrons. The summed E-state index contributed by atoms with van der Waals surface area (Å²) in [6.07, 6.45) is 20.2.